The molecule has 2 N–H and O–H groups in total. The van der Waals surface area contributed by atoms with E-state index in [1.165, 1.54) is 42.4 Å². The second-order valence-electron chi connectivity index (χ2n) is 7.95. The summed E-state index contributed by atoms with van der Waals surface area (Å²) in [5, 5.41) is 6.04. The molecule has 154 valence electrons. The number of allylic oxidation sites excluding steroid dienone is 1. The molecule has 0 radical (unpaired) electrons. The maximum atomic E-state index is 12.2. The highest BCUT2D eigenvalue weighted by Crippen LogP contribution is 2.19. The van der Waals surface area contributed by atoms with Crippen LogP contribution in [-0.4, -0.2) is 55.1 Å². The van der Waals surface area contributed by atoms with Crippen molar-refractivity contribution in [3.05, 3.63) is 47.0 Å². The van der Waals surface area contributed by atoms with E-state index >= 15 is 0 Å². The van der Waals surface area contributed by atoms with Crippen molar-refractivity contribution < 1.29 is 4.79 Å². The monoisotopic (exact) mass is 384 g/mol. The Kier molecular flexibility index (Phi) is 8.37. The number of urea groups is 1. The van der Waals surface area contributed by atoms with Gasteiger partial charge in [-0.3, -0.25) is 4.90 Å². The van der Waals surface area contributed by atoms with Crippen molar-refractivity contribution >= 4 is 6.03 Å². The van der Waals surface area contributed by atoms with Gasteiger partial charge in [-0.25, -0.2) is 4.79 Å². The van der Waals surface area contributed by atoms with Crippen LogP contribution in [0.25, 0.3) is 0 Å². The molecule has 0 bridgehead atoms. The summed E-state index contributed by atoms with van der Waals surface area (Å²) in [6.07, 6.45) is 8.33. The highest BCUT2D eigenvalue weighted by Gasteiger charge is 2.16. The largest absolute Gasteiger partial charge is 0.338 e. The van der Waals surface area contributed by atoms with Gasteiger partial charge in [0.05, 0.1) is 0 Å². The van der Waals surface area contributed by atoms with Gasteiger partial charge in [0.25, 0.3) is 0 Å². The van der Waals surface area contributed by atoms with Gasteiger partial charge in [-0.1, -0.05) is 42.8 Å². The SMILES string of the molecule is CCN1CCN(Cc2ccccc2CNC(=O)NCCC2=CCCCC2)CC1. The summed E-state index contributed by atoms with van der Waals surface area (Å²) in [6, 6.07) is 8.41. The van der Waals surface area contributed by atoms with E-state index in [1.54, 1.807) is 0 Å². The number of likely N-dealkylation sites (N-methyl/N-ethyl adjacent to an activating group) is 1. The Hall–Kier alpha value is -1.85. The van der Waals surface area contributed by atoms with Gasteiger partial charge in [0.15, 0.2) is 0 Å². The van der Waals surface area contributed by atoms with Crippen LogP contribution >= 0.6 is 0 Å². The van der Waals surface area contributed by atoms with Crippen LogP contribution in [-0.2, 0) is 13.1 Å². The summed E-state index contributed by atoms with van der Waals surface area (Å²) in [6.45, 7) is 10.2. The van der Waals surface area contributed by atoms with Gasteiger partial charge in [0.1, 0.15) is 0 Å². The zero-order valence-corrected chi connectivity index (χ0v) is 17.4. The number of hydrogen-bond donors (Lipinski definition) is 2. The lowest BCUT2D eigenvalue weighted by molar-refractivity contribution is 0.131. The predicted molar refractivity (Wildman–Crippen MR) is 115 cm³/mol. The third-order valence-corrected chi connectivity index (χ3v) is 5.98. The van der Waals surface area contributed by atoms with Gasteiger partial charge < -0.3 is 15.5 Å². The molecule has 5 heteroatoms. The number of carbonyl (C=O) groups is 1. The number of nitrogens with one attached hydrogen (secondary N) is 2. The molecule has 1 aromatic carbocycles. The topological polar surface area (TPSA) is 47.6 Å². The molecule has 1 aliphatic carbocycles. The van der Waals surface area contributed by atoms with Crippen molar-refractivity contribution in [1.29, 1.82) is 0 Å². The van der Waals surface area contributed by atoms with E-state index in [9.17, 15) is 4.79 Å². The second kappa shape index (κ2) is 11.2. The Morgan fingerprint density at radius 2 is 1.75 bits per heavy atom. The van der Waals surface area contributed by atoms with E-state index in [4.69, 9.17) is 0 Å². The number of benzene rings is 1. The summed E-state index contributed by atoms with van der Waals surface area (Å²) in [7, 11) is 0. The van der Waals surface area contributed by atoms with E-state index in [1.807, 2.05) is 0 Å². The fourth-order valence-corrected chi connectivity index (χ4v) is 4.10. The smallest absolute Gasteiger partial charge is 0.315 e. The maximum absolute atomic E-state index is 12.2. The minimum Gasteiger partial charge on any atom is -0.338 e. The molecule has 1 aromatic rings. The van der Waals surface area contributed by atoms with Crippen LogP contribution < -0.4 is 10.6 Å². The van der Waals surface area contributed by atoms with Crippen LogP contribution in [0.5, 0.6) is 0 Å². The molecule has 0 atom stereocenters. The van der Waals surface area contributed by atoms with E-state index in [2.05, 4.69) is 57.7 Å². The number of rotatable bonds is 8. The zero-order valence-electron chi connectivity index (χ0n) is 17.4. The van der Waals surface area contributed by atoms with Gasteiger partial charge in [0.2, 0.25) is 0 Å². The Balaban J connectivity index is 1.41. The molecule has 5 nitrogen and oxygen atoms in total. The van der Waals surface area contributed by atoms with Crippen molar-refractivity contribution in [2.24, 2.45) is 0 Å². The molecule has 0 aromatic heterocycles. The normalized spacial score (nSPS) is 18.5. The van der Waals surface area contributed by atoms with Gasteiger partial charge >= 0.3 is 6.03 Å². The maximum Gasteiger partial charge on any atom is 0.315 e. The fraction of sp³-hybridized carbons (Fsp3) is 0.609. The molecule has 0 saturated carbocycles. The Morgan fingerprint density at radius 1 is 1.00 bits per heavy atom. The van der Waals surface area contributed by atoms with E-state index in [0.29, 0.717) is 6.54 Å². The van der Waals surface area contributed by atoms with Crippen LogP contribution in [0.3, 0.4) is 0 Å². The van der Waals surface area contributed by atoms with Gasteiger partial charge in [-0.15, -0.1) is 0 Å². The third-order valence-electron chi connectivity index (χ3n) is 5.98. The standard InChI is InChI=1S/C23H36N4O/c1-2-26-14-16-27(17-15-26)19-22-11-7-6-10-21(22)18-25-23(28)24-13-12-20-8-4-3-5-9-20/h6-8,10-11H,2-5,9,12-19H2,1H3,(H2,24,25,28). The lowest BCUT2D eigenvalue weighted by atomic mass is 9.97. The average Bonchev–Trinajstić information content (AvgIpc) is 2.74. The van der Waals surface area contributed by atoms with Crippen molar-refractivity contribution in [2.75, 3.05) is 39.3 Å². The number of nitrogens with zero attached hydrogens (tertiary/aromatic N) is 2. The van der Waals surface area contributed by atoms with E-state index in [-0.39, 0.29) is 6.03 Å². The molecule has 1 saturated heterocycles. The molecular weight excluding hydrogens is 348 g/mol. The molecule has 28 heavy (non-hydrogen) atoms. The van der Waals surface area contributed by atoms with Crippen LogP contribution in [0.1, 0.15) is 50.2 Å². The number of amides is 2. The first-order valence-electron chi connectivity index (χ1n) is 11.0. The summed E-state index contributed by atoms with van der Waals surface area (Å²) in [5.74, 6) is 0. The first kappa shape index (κ1) is 20.9. The van der Waals surface area contributed by atoms with Crippen LogP contribution in [0.4, 0.5) is 4.79 Å². The minimum atomic E-state index is -0.0669. The summed E-state index contributed by atoms with van der Waals surface area (Å²) in [4.78, 5) is 17.2. The number of hydrogen-bond acceptors (Lipinski definition) is 3. The van der Waals surface area contributed by atoms with E-state index < -0.39 is 0 Å². The van der Waals surface area contributed by atoms with Crippen molar-refractivity contribution in [3.8, 4) is 0 Å². The Bertz CT molecular complexity index is 650. The molecule has 2 aliphatic rings. The lowest BCUT2D eigenvalue weighted by Crippen LogP contribution is -2.45. The first-order chi connectivity index (χ1) is 13.7. The second-order valence-corrected chi connectivity index (χ2v) is 7.95. The Labute approximate surface area is 170 Å². The van der Waals surface area contributed by atoms with Gasteiger partial charge in [-0.2, -0.15) is 0 Å². The molecule has 0 spiro atoms. The molecule has 1 heterocycles. The quantitative estimate of drug-likeness (QED) is 0.674. The predicted octanol–water partition coefficient (Wildman–Crippen LogP) is 3.51. The van der Waals surface area contributed by atoms with Crippen molar-refractivity contribution in [3.63, 3.8) is 0 Å². The third kappa shape index (κ3) is 6.64. The highest BCUT2D eigenvalue weighted by molar-refractivity contribution is 5.73. The Morgan fingerprint density at radius 3 is 2.46 bits per heavy atom. The molecule has 0 unspecified atom stereocenters. The number of carbonyl (C=O) groups excluding carboxylic acids is 1. The van der Waals surface area contributed by atoms with Gasteiger partial charge in [-0.05, 0) is 49.8 Å². The summed E-state index contributed by atoms with van der Waals surface area (Å²) < 4.78 is 0. The van der Waals surface area contributed by atoms with E-state index in [0.717, 1.165) is 52.2 Å². The van der Waals surface area contributed by atoms with Crippen molar-refractivity contribution in [2.45, 2.75) is 52.1 Å². The highest BCUT2D eigenvalue weighted by atomic mass is 16.2. The minimum absolute atomic E-state index is 0.0669. The molecule has 3 rings (SSSR count). The van der Waals surface area contributed by atoms with Crippen LogP contribution in [0.2, 0.25) is 0 Å². The number of piperazine rings is 1. The summed E-state index contributed by atoms with van der Waals surface area (Å²) >= 11 is 0. The van der Waals surface area contributed by atoms with Crippen LogP contribution in [0.15, 0.2) is 35.9 Å². The zero-order chi connectivity index (χ0) is 19.6. The summed E-state index contributed by atoms with van der Waals surface area (Å²) in [5.41, 5.74) is 4.03. The van der Waals surface area contributed by atoms with Crippen LogP contribution in [0, 0.1) is 0 Å². The molecule has 2 amide bonds. The fourth-order valence-electron chi connectivity index (χ4n) is 4.10. The molecule has 1 aliphatic heterocycles. The van der Waals surface area contributed by atoms with Gasteiger partial charge in [0, 0.05) is 45.8 Å². The first-order valence-corrected chi connectivity index (χ1v) is 11.0. The molecule has 1 fully saturated rings. The lowest BCUT2D eigenvalue weighted by Gasteiger charge is -2.34. The average molecular weight is 385 g/mol. The molecular formula is C23H36N4O. The van der Waals surface area contributed by atoms with Crippen molar-refractivity contribution in [1.82, 2.24) is 20.4 Å².